The summed E-state index contributed by atoms with van der Waals surface area (Å²) in [5, 5.41) is 5.41. The molecule has 1 heterocycles. The summed E-state index contributed by atoms with van der Waals surface area (Å²) >= 11 is 1.61. The molecule has 1 aromatic rings. The Morgan fingerprint density at radius 3 is 2.75 bits per heavy atom. The van der Waals surface area contributed by atoms with Crippen molar-refractivity contribution in [2.24, 2.45) is 5.73 Å². The second kappa shape index (κ2) is 4.97. The molecule has 1 aliphatic carbocycles. The van der Waals surface area contributed by atoms with E-state index < -0.39 is 0 Å². The molecule has 0 aliphatic heterocycles. The van der Waals surface area contributed by atoms with Crippen molar-refractivity contribution in [2.45, 2.75) is 44.7 Å². The zero-order chi connectivity index (χ0) is 11.5. The maximum atomic E-state index is 11.5. The molecule has 88 valence electrons. The monoisotopic (exact) mass is 238 g/mol. The number of thiophene rings is 1. The minimum atomic E-state index is -0.303. The molecule has 1 fully saturated rings. The highest BCUT2D eigenvalue weighted by Crippen LogP contribution is 2.27. The number of aryl methyl sites for hydroxylation is 1. The van der Waals surface area contributed by atoms with Crippen LogP contribution in [0.4, 0.5) is 0 Å². The van der Waals surface area contributed by atoms with Crippen LogP contribution < -0.4 is 11.1 Å². The Kier molecular flexibility index (Phi) is 3.61. The molecule has 4 heteroatoms. The molecular formula is C12H18N2OS. The predicted octanol–water partition coefficient (Wildman–Crippen LogP) is 2.12. The Hall–Kier alpha value is -0.870. The van der Waals surface area contributed by atoms with Crippen LogP contribution in [0, 0.1) is 6.92 Å². The van der Waals surface area contributed by atoms with Crippen molar-refractivity contribution in [1.82, 2.24) is 5.32 Å². The first-order valence-corrected chi connectivity index (χ1v) is 6.66. The van der Waals surface area contributed by atoms with E-state index in [-0.39, 0.29) is 11.9 Å². The molecule has 1 amide bonds. The van der Waals surface area contributed by atoms with E-state index in [9.17, 15) is 4.79 Å². The van der Waals surface area contributed by atoms with Crippen LogP contribution in [0.5, 0.6) is 0 Å². The van der Waals surface area contributed by atoms with E-state index in [2.05, 4.69) is 5.32 Å². The second-order valence-electron chi connectivity index (χ2n) is 4.45. The number of hydrogen-bond donors (Lipinski definition) is 2. The maximum absolute atomic E-state index is 11.5. The molecule has 1 unspecified atom stereocenters. The molecule has 3 nitrogen and oxygen atoms in total. The Labute approximate surface area is 100 Å². The average Bonchev–Trinajstić information content (AvgIpc) is 2.85. The number of hydrogen-bond acceptors (Lipinski definition) is 3. The number of carbonyl (C=O) groups excluding carboxylic acids is 1. The summed E-state index contributed by atoms with van der Waals surface area (Å²) in [5.74, 6) is -0.266. The molecule has 2 rings (SSSR count). The number of primary amides is 1. The van der Waals surface area contributed by atoms with Gasteiger partial charge < -0.3 is 5.73 Å². The molecule has 0 saturated heterocycles. The number of amides is 1. The van der Waals surface area contributed by atoms with Gasteiger partial charge in [0.1, 0.15) is 6.04 Å². The highest BCUT2D eigenvalue weighted by Gasteiger charge is 2.25. The molecule has 1 aromatic heterocycles. The van der Waals surface area contributed by atoms with Crippen molar-refractivity contribution in [1.29, 1.82) is 0 Å². The van der Waals surface area contributed by atoms with Gasteiger partial charge in [0.25, 0.3) is 0 Å². The van der Waals surface area contributed by atoms with Gasteiger partial charge in [-0.25, -0.2) is 0 Å². The van der Waals surface area contributed by atoms with Crippen molar-refractivity contribution in [3.8, 4) is 0 Å². The molecule has 1 atom stereocenters. The second-order valence-corrected chi connectivity index (χ2v) is 5.40. The van der Waals surface area contributed by atoms with Gasteiger partial charge in [0.15, 0.2) is 0 Å². The van der Waals surface area contributed by atoms with Crippen LogP contribution in [0.2, 0.25) is 0 Å². The highest BCUT2D eigenvalue weighted by atomic mass is 32.1. The van der Waals surface area contributed by atoms with E-state index in [0.29, 0.717) is 6.04 Å². The summed E-state index contributed by atoms with van der Waals surface area (Å²) in [6.07, 6.45) is 4.83. The van der Waals surface area contributed by atoms with Crippen LogP contribution in [0.3, 0.4) is 0 Å². The zero-order valence-electron chi connectivity index (χ0n) is 9.53. The highest BCUT2D eigenvalue weighted by molar-refractivity contribution is 7.10. The van der Waals surface area contributed by atoms with E-state index in [1.807, 2.05) is 18.4 Å². The van der Waals surface area contributed by atoms with Gasteiger partial charge in [-0.3, -0.25) is 10.1 Å². The summed E-state index contributed by atoms with van der Waals surface area (Å²) in [6.45, 7) is 2.03. The zero-order valence-corrected chi connectivity index (χ0v) is 10.3. The standard InChI is InChI=1S/C12H18N2OS/c1-8-6-7-16-11(8)10(12(13)15)14-9-4-2-3-5-9/h6-7,9-10,14H,2-5H2,1H3,(H2,13,15). The van der Waals surface area contributed by atoms with Crippen LogP contribution >= 0.6 is 11.3 Å². The van der Waals surface area contributed by atoms with E-state index in [0.717, 1.165) is 23.3 Å². The lowest BCUT2D eigenvalue weighted by Gasteiger charge is -2.20. The van der Waals surface area contributed by atoms with Crippen LogP contribution in [0.15, 0.2) is 11.4 Å². The van der Waals surface area contributed by atoms with Crippen LogP contribution in [0.25, 0.3) is 0 Å². The lowest BCUT2D eigenvalue weighted by molar-refractivity contribution is -0.120. The normalized spacial score (nSPS) is 18.8. The van der Waals surface area contributed by atoms with Gasteiger partial charge >= 0.3 is 0 Å². The first-order chi connectivity index (χ1) is 7.68. The number of nitrogens with one attached hydrogen (secondary N) is 1. The van der Waals surface area contributed by atoms with Crippen molar-refractivity contribution in [2.75, 3.05) is 0 Å². The van der Waals surface area contributed by atoms with Crippen molar-refractivity contribution < 1.29 is 4.79 Å². The predicted molar refractivity (Wildman–Crippen MR) is 66.4 cm³/mol. The minimum Gasteiger partial charge on any atom is -0.368 e. The molecule has 0 spiro atoms. The third-order valence-corrected chi connectivity index (χ3v) is 4.29. The first kappa shape index (κ1) is 11.6. The van der Waals surface area contributed by atoms with Gasteiger partial charge in [0, 0.05) is 10.9 Å². The number of carbonyl (C=O) groups is 1. The van der Waals surface area contributed by atoms with Crippen molar-refractivity contribution in [3.63, 3.8) is 0 Å². The van der Waals surface area contributed by atoms with Crippen molar-refractivity contribution >= 4 is 17.2 Å². The smallest absolute Gasteiger partial charge is 0.240 e. The lowest BCUT2D eigenvalue weighted by Crippen LogP contribution is -2.38. The molecule has 3 N–H and O–H groups in total. The molecule has 0 aromatic carbocycles. The van der Waals surface area contributed by atoms with Crippen LogP contribution in [0.1, 0.15) is 42.2 Å². The van der Waals surface area contributed by atoms with Crippen LogP contribution in [-0.2, 0) is 4.79 Å². The Balaban J connectivity index is 2.11. The van der Waals surface area contributed by atoms with Gasteiger partial charge in [-0.1, -0.05) is 12.8 Å². The first-order valence-electron chi connectivity index (χ1n) is 5.78. The van der Waals surface area contributed by atoms with E-state index in [1.54, 1.807) is 11.3 Å². The fraction of sp³-hybridized carbons (Fsp3) is 0.583. The summed E-state index contributed by atoms with van der Waals surface area (Å²) in [7, 11) is 0. The Morgan fingerprint density at radius 2 is 2.25 bits per heavy atom. The fourth-order valence-electron chi connectivity index (χ4n) is 2.30. The van der Waals surface area contributed by atoms with Gasteiger partial charge in [-0.05, 0) is 36.8 Å². The lowest BCUT2D eigenvalue weighted by atomic mass is 10.1. The van der Waals surface area contributed by atoms with Crippen molar-refractivity contribution in [3.05, 3.63) is 21.9 Å². The largest absolute Gasteiger partial charge is 0.368 e. The number of nitrogens with two attached hydrogens (primary N) is 1. The molecule has 0 radical (unpaired) electrons. The minimum absolute atomic E-state index is 0.266. The Morgan fingerprint density at radius 1 is 1.56 bits per heavy atom. The molecular weight excluding hydrogens is 220 g/mol. The molecule has 1 saturated carbocycles. The van der Waals surface area contributed by atoms with Gasteiger partial charge in [-0.15, -0.1) is 11.3 Å². The SMILES string of the molecule is Cc1ccsc1C(NC1CCCC1)C(N)=O. The quantitative estimate of drug-likeness (QED) is 0.844. The molecule has 16 heavy (non-hydrogen) atoms. The summed E-state index contributed by atoms with van der Waals surface area (Å²) in [6, 6.07) is 2.19. The Bertz CT molecular complexity index is 369. The topological polar surface area (TPSA) is 55.1 Å². The van der Waals surface area contributed by atoms with Gasteiger partial charge in [-0.2, -0.15) is 0 Å². The third-order valence-electron chi connectivity index (χ3n) is 3.21. The molecule has 1 aliphatic rings. The van der Waals surface area contributed by atoms with E-state index >= 15 is 0 Å². The summed E-state index contributed by atoms with van der Waals surface area (Å²) < 4.78 is 0. The van der Waals surface area contributed by atoms with E-state index in [4.69, 9.17) is 5.73 Å². The van der Waals surface area contributed by atoms with Gasteiger partial charge in [0.2, 0.25) is 5.91 Å². The van der Waals surface area contributed by atoms with Gasteiger partial charge in [0.05, 0.1) is 0 Å². The summed E-state index contributed by atoms with van der Waals surface area (Å²) in [4.78, 5) is 12.6. The number of rotatable bonds is 4. The maximum Gasteiger partial charge on any atom is 0.240 e. The van der Waals surface area contributed by atoms with Crippen LogP contribution in [-0.4, -0.2) is 11.9 Å². The average molecular weight is 238 g/mol. The third kappa shape index (κ3) is 2.44. The molecule has 0 bridgehead atoms. The summed E-state index contributed by atoms with van der Waals surface area (Å²) in [5.41, 5.74) is 6.63. The van der Waals surface area contributed by atoms with E-state index in [1.165, 1.54) is 12.8 Å². The fourth-order valence-corrected chi connectivity index (χ4v) is 3.29.